The van der Waals surface area contributed by atoms with Gasteiger partial charge in [-0.3, -0.25) is 9.59 Å². The first-order valence-corrected chi connectivity index (χ1v) is 7.52. The molecule has 116 valence electrons. The third kappa shape index (κ3) is 3.12. The van der Waals surface area contributed by atoms with E-state index in [0.29, 0.717) is 21.7 Å². The lowest BCUT2D eigenvalue weighted by Crippen LogP contribution is -2.22. The predicted octanol–water partition coefficient (Wildman–Crippen LogP) is 4.26. The Morgan fingerprint density at radius 2 is 1.74 bits per heavy atom. The fourth-order valence-electron chi connectivity index (χ4n) is 2.64. The van der Waals surface area contributed by atoms with Gasteiger partial charge in [0.15, 0.2) is 0 Å². The average Bonchev–Trinajstić information content (AvgIpc) is 2.88. The summed E-state index contributed by atoms with van der Waals surface area (Å²) >= 11 is 5.97. The Labute approximate surface area is 138 Å². The Morgan fingerprint density at radius 3 is 2.43 bits per heavy atom. The van der Waals surface area contributed by atoms with Crippen LogP contribution in [-0.2, 0) is 4.79 Å². The van der Waals surface area contributed by atoms with Crippen molar-refractivity contribution in [3.8, 4) is 0 Å². The monoisotopic (exact) mass is 326 g/mol. The molecule has 0 spiro atoms. The summed E-state index contributed by atoms with van der Waals surface area (Å²) in [6.45, 7) is 3.87. The summed E-state index contributed by atoms with van der Waals surface area (Å²) in [5.74, 6) is -1.27. The zero-order valence-electron chi connectivity index (χ0n) is 12.7. The smallest absolute Gasteiger partial charge is 0.296 e. The van der Waals surface area contributed by atoms with E-state index in [1.165, 1.54) is 6.20 Å². The van der Waals surface area contributed by atoms with Gasteiger partial charge in [-0.2, -0.15) is 0 Å². The Bertz CT molecular complexity index is 908. The zero-order chi connectivity index (χ0) is 16.6. The van der Waals surface area contributed by atoms with Crippen LogP contribution in [0.1, 0.15) is 21.5 Å². The normalized spacial score (nSPS) is 10.7. The fourth-order valence-corrected chi connectivity index (χ4v) is 2.81. The highest BCUT2D eigenvalue weighted by Gasteiger charge is 2.20. The highest BCUT2D eigenvalue weighted by molar-refractivity contribution is 6.48. The Hall–Kier alpha value is -2.59. The van der Waals surface area contributed by atoms with Gasteiger partial charge in [0, 0.05) is 27.8 Å². The van der Waals surface area contributed by atoms with E-state index >= 15 is 0 Å². The predicted molar refractivity (Wildman–Crippen MR) is 92.2 cm³/mol. The SMILES string of the molecule is Cc1cc(C)cc(NC(=O)C(=O)c2c[nH]c3ccc(Cl)cc23)c1. The number of rotatable bonds is 3. The van der Waals surface area contributed by atoms with Crippen molar-refractivity contribution in [1.29, 1.82) is 0 Å². The van der Waals surface area contributed by atoms with Gasteiger partial charge in [-0.15, -0.1) is 0 Å². The molecule has 5 heteroatoms. The number of Topliss-reactive ketones (excluding diaryl/α,β-unsaturated/α-hetero) is 1. The molecule has 0 aliphatic heterocycles. The minimum atomic E-state index is -0.670. The molecule has 0 aliphatic rings. The van der Waals surface area contributed by atoms with Gasteiger partial charge in [-0.1, -0.05) is 17.7 Å². The van der Waals surface area contributed by atoms with Gasteiger partial charge < -0.3 is 10.3 Å². The maximum atomic E-state index is 12.4. The first-order valence-electron chi connectivity index (χ1n) is 7.14. The number of anilines is 1. The van der Waals surface area contributed by atoms with E-state index in [4.69, 9.17) is 11.6 Å². The van der Waals surface area contributed by atoms with Crippen molar-refractivity contribution in [3.63, 3.8) is 0 Å². The van der Waals surface area contributed by atoms with Crippen LogP contribution in [0.3, 0.4) is 0 Å². The Balaban J connectivity index is 1.89. The Kier molecular flexibility index (Phi) is 3.92. The molecule has 0 bridgehead atoms. The van der Waals surface area contributed by atoms with Gasteiger partial charge in [-0.25, -0.2) is 0 Å². The molecular weight excluding hydrogens is 312 g/mol. The number of carbonyl (C=O) groups is 2. The molecule has 0 atom stereocenters. The molecule has 2 N–H and O–H groups in total. The second kappa shape index (κ2) is 5.89. The average molecular weight is 327 g/mol. The van der Waals surface area contributed by atoms with Crippen molar-refractivity contribution < 1.29 is 9.59 Å². The van der Waals surface area contributed by atoms with Crippen LogP contribution < -0.4 is 5.32 Å². The van der Waals surface area contributed by atoms with Crippen LogP contribution in [0.15, 0.2) is 42.6 Å². The number of aromatic amines is 1. The van der Waals surface area contributed by atoms with E-state index < -0.39 is 11.7 Å². The lowest BCUT2D eigenvalue weighted by atomic mass is 10.1. The van der Waals surface area contributed by atoms with Gasteiger partial charge in [0.25, 0.3) is 11.7 Å². The molecule has 1 amide bonds. The maximum absolute atomic E-state index is 12.4. The largest absolute Gasteiger partial charge is 0.360 e. The first kappa shape index (κ1) is 15.3. The molecule has 1 heterocycles. The first-order chi connectivity index (χ1) is 10.9. The molecule has 4 nitrogen and oxygen atoms in total. The van der Waals surface area contributed by atoms with E-state index in [-0.39, 0.29) is 0 Å². The van der Waals surface area contributed by atoms with Crippen LogP contribution in [0, 0.1) is 13.8 Å². The van der Waals surface area contributed by atoms with Crippen molar-refractivity contribution in [1.82, 2.24) is 4.98 Å². The zero-order valence-corrected chi connectivity index (χ0v) is 13.5. The number of amides is 1. The topological polar surface area (TPSA) is 62.0 Å². The van der Waals surface area contributed by atoms with Crippen molar-refractivity contribution in [3.05, 3.63) is 64.3 Å². The molecule has 3 aromatic rings. The summed E-state index contributed by atoms with van der Waals surface area (Å²) in [5, 5.41) is 3.81. The van der Waals surface area contributed by atoms with E-state index in [0.717, 1.165) is 16.6 Å². The molecule has 2 aromatic carbocycles. The van der Waals surface area contributed by atoms with Crippen LogP contribution in [0.4, 0.5) is 5.69 Å². The number of aryl methyl sites for hydroxylation is 2. The van der Waals surface area contributed by atoms with Gasteiger partial charge in [0.05, 0.1) is 5.56 Å². The second-order valence-electron chi connectivity index (χ2n) is 5.55. The summed E-state index contributed by atoms with van der Waals surface area (Å²) in [6, 6.07) is 10.8. The molecule has 0 unspecified atom stereocenters. The van der Waals surface area contributed by atoms with Crippen LogP contribution in [0.2, 0.25) is 5.02 Å². The molecule has 0 radical (unpaired) electrons. The van der Waals surface area contributed by atoms with E-state index in [2.05, 4.69) is 10.3 Å². The molecule has 0 fully saturated rings. The lowest BCUT2D eigenvalue weighted by Gasteiger charge is -2.06. The van der Waals surface area contributed by atoms with Crippen LogP contribution in [0.5, 0.6) is 0 Å². The van der Waals surface area contributed by atoms with Gasteiger partial charge in [-0.05, 0) is 55.3 Å². The van der Waals surface area contributed by atoms with Crippen molar-refractivity contribution in [2.45, 2.75) is 13.8 Å². The molecule has 0 aliphatic carbocycles. The molecule has 0 saturated heterocycles. The molecule has 23 heavy (non-hydrogen) atoms. The van der Waals surface area contributed by atoms with Crippen molar-refractivity contribution >= 4 is 39.9 Å². The minimum absolute atomic E-state index is 0.310. The number of aromatic nitrogens is 1. The number of hydrogen-bond donors (Lipinski definition) is 2. The number of H-pyrrole nitrogens is 1. The number of carbonyl (C=O) groups excluding carboxylic acids is 2. The van der Waals surface area contributed by atoms with Crippen LogP contribution in [0.25, 0.3) is 10.9 Å². The van der Waals surface area contributed by atoms with Crippen molar-refractivity contribution in [2.24, 2.45) is 0 Å². The van der Waals surface area contributed by atoms with Gasteiger partial charge in [0.1, 0.15) is 0 Å². The van der Waals surface area contributed by atoms with E-state index in [9.17, 15) is 9.59 Å². The van der Waals surface area contributed by atoms with E-state index in [1.54, 1.807) is 18.2 Å². The molecule has 3 rings (SSSR count). The van der Waals surface area contributed by atoms with Gasteiger partial charge in [0.2, 0.25) is 0 Å². The highest BCUT2D eigenvalue weighted by atomic mass is 35.5. The van der Waals surface area contributed by atoms with Crippen molar-refractivity contribution in [2.75, 3.05) is 5.32 Å². The Morgan fingerprint density at radius 1 is 1.04 bits per heavy atom. The minimum Gasteiger partial charge on any atom is -0.360 e. The number of halogens is 1. The second-order valence-corrected chi connectivity index (χ2v) is 5.99. The van der Waals surface area contributed by atoms with E-state index in [1.807, 2.05) is 32.0 Å². The third-order valence-corrected chi connectivity index (χ3v) is 3.81. The summed E-state index contributed by atoms with van der Waals surface area (Å²) in [5.41, 5.74) is 3.72. The summed E-state index contributed by atoms with van der Waals surface area (Å²) < 4.78 is 0. The number of nitrogens with one attached hydrogen (secondary N) is 2. The molecule has 0 saturated carbocycles. The highest BCUT2D eigenvalue weighted by Crippen LogP contribution is 2.23. The summed E-state index contributed by atoms with van der Waals surface area (Å²) in [6.07, 6.45) is 1.53. The number of benzene rings is 2. The molecule has 1 aromatic heterocycles. The third-order valence-electron chi connectivity index (χ3n) is 3.57. The summed E-state index contributed by atoms with van der Waals surface area (Å²) in [4.78, 5) is 27.7. The summed E-state index contributed by atoms with van der Waals surface area (Å²) in [7, 11) is 0. The van der Waals surface area contributed by atoms with Gasteiger partial charge >= 0.3 is 0 Å². The van der Waals surface area contributed by atoms with Crippen LogP contribution in [-0.4, -0.2) is 16.7 Å². The number of fused-ring (bicyclic) bond motifs is 1. The fraction of sp³-hybridized carbons (Fsp3) is 0.111. The maximum Gasteiger partial charge on any atom is 0.296 e. The number of ketones is 1. The molecular formula is C18H15ClN2O2. The standard InChI is InChI=1S/C18H15ClN2O2/c1-10-5-11(2)7-13(6-10)21-18(23)17(22)15-9-20-16-4-3-12(19)8-14(15)16/h3-9,20H,1-2H3,(H,21,23). The lowest BCUT2D eigenvalue weighted by molar-refractivity contribution is -0.112. The van der Waals surface area contributed by atoms with Crippen LogP contribution >= 0.6 is 11.6 Å². The quantitative estimate of drug-likeness (QED) is 0.558. The number of hydrogen-bond acceptors (Lipinski definition) is 2.